The summed E-state index contributed by atoms with van der Waals surface area (Å²) in [7, 11) is 1.57. The molecule has 1 atom stereocenters. The number of hydrogen-bond acceptors (Lipinski definition) is 7. The van der Waals surface area contributed by atoms with Crippen molar-refractivity contribution in [2.45, 2.75) is 33.2 Å². The number of ether oxygens (including phenoxy) is 3. The van der Waals surface area contributed by atoms with E-state index in [1.54, 1.807) is 18.9 Å². The third kappa shape index (κ3) is 4.95. The van der Waals surface area contributed by atoms with Crippen molar-refractivity contribution in [3.8, 4) is 11.5 Å². The number of esters is 1. The van der Waals surface area contributed by atoms with E-state index in [2.05, 4.69) is 25.4 Å². The molecular weight excluding hydrogens is 416 g/mol. The normalized spacial score (nSPS) is 18.5. The van der Waals surface area contributed by atoms with E-state index in [0.29, 0.717) is 52.6 Å². The number of benzene rings is 1. The Balaban J connectivity index is 2.07. The maximum atomic E-state index is 12.9. The van der Waals surface area contributed by atoms with Crippen molar-refractivity contribution in [2.24, 2.45) is 10.9 Å². The molecular formula is C23H28N2O5S. The first-order chi connectivity index (χ1) is 14.9. The topological polar surface area (TPSA) is 77.4 Å². The summed E-state index contributed by atoms with van der Waals surface area (Å²) in [6.07, 6.45) is 1.88. The monoisotopic (exact) mass is 444 g/mol. The van der Waals surface area contributed by atoms with Crippen LogP contribution in [0.1, 0.15) is 38.8 Å². The predicted octanol–water partition coefficient (Wildman–Crippen LogP) is 4.11. The van der Waals surface area contributed by atoms with E-state index in [1.165, 1.54) is 17.8 Å². The average molecular weight is 445 g/mol. The molecule has 2 aliphatic heterocycles. The van der Waals surface area contributed by atoms with Gasteiger partial charge in [-0.05, 0) is 30.5 Å². The molecule has 1 unspecified atom stereocenters. The van der Waals surface area contributed by atoms with E-state index in [4.69, 9.17) is 14.2 Å². The number of thioether (sulfide) groups is 1. The third-order valence-electron chi connectivity index (χ3n) is 4.83. The van der Waals surface area contributed by atoms with Gasteiger partial charge in [-0.25, -0.2) is 9.79 Å². The standard InChI is InChI=1S/C23H28N2O5S/c1-6-10-29-22(27)20-15(4)24-23-25(19(26)9-11-31-23)21(20)16-7-8-17(18(12-16)28-5)30-13-14(2)3/h6-8,12,14,21H,1,9-11,13H2,2-5H3. The minimum Gasteiger partial charge on any atom is -0.493 e. The second-order valence-electron chi connectivity index (χ2n) is 7.66. The quantitative estimate of drug-likeness (QED) is 0.444. The Morgan fingerprint density at radius 3 is 2.84 bits per heavy atom. The molecule has 1 fully saturated rings. The fourth-order valence-electron chi connectivity index (χ4n) is 3.41. The van der Waals surface area contributed by atoms with Gasteiger partial charge >= 0.3 is 5.97 Å². The zero-order chi connectivity index (χ0) is 22.5. The Morgan fingerprint density at radius 1 is 1.39 bits per heavy atom. The second kappa shape index (κ2) is 10.0. The molecule has 1 amide bonds. The first-order valence-corrected chi connectivity index (χ1v) is 11.2. The molecule has 0 N–H and O–H groups in total. The van der Waals surface area contributed by atoms with Gasteiger partial charge in [-0.2, -0.15) is 0 Å². The molecule has 1 saturated heterocycles. The van der Waals surface area contributed by atoms with Crippen LogP contribution in [0, 0.1) is 5.92 Å². The summed E-state index contributed by atoms with van der Waals surface area (Å²) >= 11 is 1.51. The van der Waals surface area contributed by atoms with Crippen molar-refractivity contribution in [2.75, 3.05) is 26.1 Å². The first-order valence-electron chi connectivity index (χ1n) is 10.2. The van der Waals surface area contributed by atoms with Gasteiger partial charge in [-0.3, -0.25) is 9.69 Å². The number of hydrogen-bond donors (Lipinski definition) is 0. The molecule has 2 heterocycles. The lowest BCUT2D eigenvalue weighted by molar-refractivity contribution is -0.139. The predicted molar refractivity (Wildman–Crippen MR) is 121 cm³/mol. The van der Waals surface area contributed by atoms with Gasteiger partial charge in [-0.1, -0.05) is 44.3 Å². The van der Waals surface area contributed by atoms with E-state index in [9.17, 15) is 9.59 Å². The van der Waals surface area contributed by atoms with Crippen LogP contribution in [0.5, 0.6) is 11.5 Å². The van der Waals surface area contributed by atoms with Crippen LogP contribution in [-0.2, 0) is 14.3 Å². The van der Waals surface area contributed by atoms with Gasteiger partial charge in [0.15, 0.2) is 16.7 Å². The van der Waals surface area contributed by atoms with Crippen LogP contribution in [0.15, 0.2) is 47.1 Å². The molecule has 1 aromatic rings. The lowest BCUT2D eigenvalue weighted by Crippen LogP contribution is -2.45. The Kier molecular flexibility index (Phi) is 7.43. The molecule has 8 heteroatoms. The summed E-state index contributed by atoms with van der Waals surface area (Å²) in [5, 5.41) is 0.595. The highest BCUT2D eigenvalue weighted by molar-refractivity contribution is 8.14. The molecule has 0 radical (unpaired) electrons. The lowest BCUT2D eigenvalue weighted by Gasteiger charge is -2.39. The molecule has 2 aliphatic rings. The molecule has 0 aliphatic carbocycles. The maximum absolute atomic E-state index is 12.9. The summed E-state index contributed by atoms with van der Waals surface area (Å²) in [6.45, 7) is 10.1. The molecule has 31 heavy (non-hydrogen) atoms. The van der Waals surface area contributed by atoms with E-state index >= 15 is 0 Å². The fraction of sp³-hybridized carbons (Fsp3) is 0.435. The van der Waals surface area contributed by atoms with Crippen molar-refractivity contribution in [3.05, 3.63) is 47.7 Å². The molecule has 0 bridgehead atoms. The van der Waals surface area contributed by atoms with Crippen molar-refractivity contribution < 1.29 is 23.8 Å². The Labute approximate surface area is 187 Å². The van der Waals surface area contributed by atoms with Gasteiger partial charge in [0.1, 0.15) is 6.61 Å². The molecule has 1 aromatic carbocycles. The number of amides is 1. The number of methoxy groups -OCH3 is 1. The van der Waals surface area contributed by atoms with Crippen molar-refractivity contribution in [1.29, 1.82) is 0 Å². The van der Waals surface area contributed by atoms with E-state index < -0.39 is 12.0 Å². The van der Waals surface area contributed by atoms with Gasteiger partial charge in [0.25, 0.3) is 0 Å². The third-order valence-corrected chi connectivity index (χ3v) is 5.79. The smallest absolute Gasteiger partial charge is 0.338 e. The molecule has 0 aromatic heterocycles. The molecule has 166 valence electrons. The van der Waals surface area contributed by atoms with Crippen LogP contribution in [0.4, 0.5) is 0 Å². The minimum atomic E-state index is -0.654. The fourth-order valence-corrected chi connectivity index (χ4v) is 4.42. The Hall–Kier alpha value is -2.74. The van der Waals surface area contributed by atoms with Gasteiger partial charge < -0.3 is 14.2 Å². The molecule has 0 spiro atoms. The van der Waals surface area contributed by atoms with Gasteiger partial charge in [0, 0.05) is 12.2 Å². The van der Waals surface area contributed by atoms with Crippen LogP contribution >= 0.6 is 11.8 Å². The molecule has 3 rings (SSSR count). The zero-order valence-electron chi connectivity index (χ0n) is 18.3. The molecule has 0 saturated carbocycles. The highest BCUT2D eigenvalue weighted by atomic mass is 32.2. The van der Waals surface area contributed by atoms with Gasteiger partial charge in [0.05, 0.1) is 31.0 Å². The van der Waals surface area contributed by atoms with Crippen LogP contribution in [-0.4, -0.2) is 48.0 Å². The average Bonchev–Trinajstić information content (AvgIpc) is 2.75. The number of aliphatic imine (C=N–C) groups is 1. The largest absolute Gasteiger partial charge is 0.493 e. The summed E-state index contributed by atoms with van der Waals surface area (Å²) in [6, 6.07) is 4.82. The van der Waals surface area contributed by atoms with Crippen molar-refractivity contribution >= 4 is 28.8 Å². The molecule has 7 nitrogen and oxygen atoms in total. The summed E-state index contributed by atoms with van der Waals surface area (Å²) in [5.74, 6) is 1.57. The Morgan fingerprint density at radius 2 is 2.16 bits per heavy atom. The van der Waals surface area contributed by atoms with E-state index in [-0.39, 0.29) is 12.5 Å². The summed E-state index contributed by atoms with van der Waals surface area (Å²) < 4.78 is 16.7. The highest BCUT2D eigenvalue weighted by Crippen LogP contribution is 2.42. The second-order valence-corrected chi connectivity index (χ2v) is 8.72. The van der Waals surface area contributed by atoms with Crippen LogP contribution in [0.3, 0.4) is 0 Å². The number of nitrogens with zero attached hydrogens (tertiary/aromatic N) is 2. The number of carbonyl (C=O) groups excluding carboxylic acids is 2. The first kappa shape index (κ1) is 22.9. The van der Waals surface area contributed by atoms with Crippen molar-refractivity contribution in [3.63, 3.8) is 0 Å². The number of amidine groups is 1. The number of allylic oxidation sites excluding steroid dienone is 1. The van der Waals surface area contributed by atoms with Crippen LogP contribution in [0.25, 0.3) is 0 Å². The SMILES string of the molecule is C=CCOC(=O)C1=C(C)N=C2SCCC(=O)N2C1c1ccc(OCC(C)C)c(OC)c1. The summed E-state index contributed by atoms with van der Waals surface area (Å²) in [4.78, 5) is 31.9. The van der Waals surface area contributed by atoms with Gasteiger partial charge in [-0.15, -0.1) is 0 Å². The van der Waals surface area contributed by atoms with Crippen LogP contribution in [0.2, 0.25) is 0 Å². The van der Waals surface area contributed by atoms with Crippen molar-refractivity contribution in [1.82, 2.24) is 4.90 Å². The summed E-state index contributed by atoms with van der Waals surface area (Å²) in [5.41, 5.74) is 1.59. The number of carbonyl (C=O) groups is 2. The lowest BCUT2D eigenvalue weighted by atomic mass is 9.93. The van der Waals surface area contributed by atoms with E-state index in [1.807, 2.05) is 18.2 Å². The van der Waals surface area contributed by atoms with Gasteiger partial charge in [0.2, 0.25) is 5.91 Å². The Bertz CT molecular complexity index is 938. The van der Waals surface area contributed by atoms with E-state index in [0.717, 1.165) is 5.56 Å². The maximum Gasteiger partial charge on any atom is 0.338 e. The number of rotatable bonds is 8. The minimum absolute atomic E-state index is 0.0763. The highest BCUT2D eigenvalue weighted by Gasteiger charge is 2.41. The zero-order valence-corrected chi connectivity index (χ0v) is 19.2. The van der Waals surface area contributed by atoms with Crippen LogP contribution < -0.4 is 9.47 Å². The number of fused-ring (bicyclic) bond motifs is 1.